The maximum absolute atomic E-state index is 12.3. The third-order valence-electron chi connectivity index (χ3n) is 3.96. The van der Waals surface area contributed by atoms with E-state index < -0.39 is 17.8 Å². The van der Waals surface area contributed by atoms with Crippen LogP contribution in [0.3, 0.4) is 0 Å². The lowest BCUT2D eigenvalue weighted by molar-refractivity contribution is -0.140. The average Bonchev–Trinajstić information content (AvgIpc) is 2.80. The number of benzene rings is 1. The van der Waals surface area contributed by atoms with Crippen molar-refractivity contribution >= 4 is 29.0 Å². The predicted octanol–water partition coefficient (Wildman–Crippen LogP) is 1.46. The Morgan fingerprint density at radius 1 is 1.09 bits per heavy atom. The van der Waals surface area contributed by atoms with Gasteiger partial charge >= 0.3 is 5.97 Å². The molecule has 1 aromatic carbocycles. The highest BCUT2D eigenvalue weighted by atomic mass is 16.5. The van der Waals surface area contributed by atoms with Gasteiger partial charge < -0.3 is 9.64 Å². The third kappa shape index (κ3) is 2.84. The molecule has 0 N–H and O–H groups in total. The van der Waals surface area contributed by atoms with E-state index in [1.165, 1.54) is 14.2 Å². The Bertz CT molecular complexity index is 672. The van der Waals surface area contributed by atoms with E-state index in [1.54, 1.807) is 12.1 Å². The lowest BCUT2D eigenvalue weighted by atomic mass is 10.0. The molecule has 2 amide bonds. The van der Waals surface area contributed by atoms with Crippen LogP contribution in [0.2, 0.25) is 0 Å². The first-order valence-corrected chi connectivity index (χ1v) is 7.46. The number of hydrogen-bond donors (Lipinski definition) is 0. The highest BCUT2D eigenvalue weighted by Gasteiger charge is 2.40. The predicted molar refractivity (Wildman–Crippen MR) is 86.7 cm³/mol. The van der Waals surface area contributed by atoms with Gasteiger partial charge in [0.25, 0.3) is 11.8 Å². The highest BCUT2D eigenvalue weighted by molar-refractivity contribution is 6.43. The normalized spacial score (nSPS) is 14.5. The van der Waals surface area contributed by atoms with Gasteiger partial charge in [-0.2, -0.15) is 0 Å². The Hall–Kier alpha value is -2.63. The zero-order valence-electron chi connectivity index (χ0n) is 13.8. The van der Waals surface area contributed by atoms with Crippen LogP contribution in [0, 0.1) is 0 Å². The first-order chi connectivity index (χ1) is 11.0. The monoisotopic (exact) mass is 316 g/mol. The van der Waals surface area contributed by atoms with E-state index in [9.17, 15) is 14.4 Å². The average molecular weight is 316 g/mol. The van der Waals surface area contributed by atoms with Gasteiger partial charge in [0, 0.05) is 25.8 Å². The van der Waals surface area contributed by atoms with Crippen LogP contribution in [-0.2, 0) is 19.1 Å². The summed E-state index contributed by atoms with van der Waals surface area (Å²) in [4.78, 5) is 39.4. The summed E-state index contributed by atoms with van der Waals surface area (Å²) in [6.07, 6.45) is 0. The third-order valence-corrected chi connectivity index (χ3v) is 3.96. The number of carbonyl (C=O) groups excluding carboxylic acids is 3. The van der Waals surface area contributed by atoms with E-state index in [-0.39, 0.29) is 11.1 Å². The number of rotatable bonds is 5. The summed E-state index contributed by atoms with van der Waals surface area (Å²) in [6, 6.07) is 7.24. The second kappa shape index (κ2) is 6.64. The SMILES string of the molecule is CCN(CC)c1ccc(C2=C(C(=O)OC)C(=O)N(C)C2=O)cc1. The van der Waals surface area contributed by atoms with Gasteiger partial charge in [-0.1, -0.05) is 12.1 Å². The molecule has 0 atom stereocenters. The van der Waals surface area contributed by atoms with Gasteiger partial charge in [-0.05, 0) is 31.5 Å². The summed E-state index contributed by atoms with van der Waals surface area (Å²) in [5, 5.41) is 0. The molecule has 0 unspecified atom stereocenters. The molecule has 1 heterocycles. The van der Waals surface area contributed by atoms with Crippen molar-refractivity contribution in [1.82, 2.24) is 4.90 Å². The molecule has 6 nitrogen and oxygen atoms in total. The van der Waals surface area contributed by atoms with Gasteiger partial charge in [-0.25, -0.2) is 4.79 Å². The van der Waals surface area contributed by atoms with E-state index in [0.717, 1.165) is 23.7 Å². The Kier molecular flexibility index (Phi) is 4.83. The molecule has 1 aliphatic heterocycles. The molecule has 0 radical (unpaired) electrons. The van der Waals surface area contributed by atoms with Gasteiger partial charge in [0.05, 0.1) is 12.7 Å². The van der Waals surface area contributed by atoms with E-state index in [1.807, 2.05) is 12.1 Å². The van der Waals surface area contributed by atoms with Crippen molar-refractivity contribution in [1.29, 1.82) is 0 Å². The second-order valence-corrected chi connectivity index (χ2v) is 5.13. The standard InChI is InChI=1S/C17H20N2O4/c1-5-19(6-2)12-9-7-11(8-10-12)13-14(17(22)23-4)16(21)18(3)15(13)20/h7-10H,5-6H2,1-4H3. The number of nitrogens with zero attached hydrogens (tertiary/aromatic N) is 2. The molecule has 0 spiro atoms. The number of amides is 2. The van der Waals surface area contributed by atoms with Crippen molar-refractivity contribution < 1.29 is 19.1 Å². The number of likely N-dealkylation sites (N-methyl/N-ethyl adjacent to an activating group) is 1. The van der Waals surface area contributed by atoms with Gasteiger partial charge in [-0.3, -0.25) is 14.5 Å². The molecule has 23 heavy (non-hydrogen) atoms. The van der Waals surface area contributed by atoms with Crippen molar-refractivity contribution in [3.63, 3.8) is 0 Å². The maximum Gasteiger partial charge on any atom is 0.344 e. The summed E-state index contributed by atoms with van der Waals surface area (Å²) < 4.78 is 4.64. The van der Waals surface area contributed by atoms with Crippen LogP contribution in [0.5, 0.6) is 0 Å². The molecular weight excluding hydrogens is 296 g/mol. The zero-order valence-corrected chi connectivity index (χ0v) is 13.8. The van der Waals surface area contributed by atoms with Crippen LogP contribution in [0.25, 0.3) is 5.57 Å². The summed E-state index contributed by atoms with van der Waals surface area (Å²) in [7, 11) is 2.54. The molecule has 0 saturated heterocycles. The van der Waals surface area contributed by atoms with Crippen LogP contribution >= 0.6 is 0 Å². The van der Waals surface area contributed by atoms with Crippen LogP contribution in [0.15, 0.2) is 29.8 Å². The van der Waals surface area contributed by atoms with Crippen LogP contribution in [0.1, 0.15) is 19.4 Å². The number of imide groups is 1. The lowest BCUT2D eigenvalue weighted by Gasteiger charge is -2.21. The molecule has 0 saturated carbocycles. The lowest BCUT2D eigenvalue weighted by Crippen LogP contribution is -2.28. The number of methoxy groups -OCH3 is 1. The number of ether oxygens (including phenoxy) is 1. The van der Waals surface area contributed by atoms with Crippen molar-refractivity contribution in [2.45, 2.75) is 13.8 Å². The number of esters is 1. The van der Waals surface area contributed by atoms with E-state index >= 15 is 0 Å². The Morgan fingerprint density at radius 3 is 2.13 bits per heavy atom. The zero-order chi connectivity index (χ0) is 17.1. The van der Waals surface area contributed by atoms with Crippen LogP contribution in [0.4, 0.5) is 5.69 Å². The molecule has 1 aromatic rings. The summed E-state index contributed by atoms with van der Waals surface area (Å²) >= 11 is 0. The van der Waals surface area contributed by atoms with Gasteiger partial charge in [-0.15, -0.1) is 0 Å². The first kappa shape index (κ1) is 16.7. The largest absolute Gasteiger partial charge is 0.465 e. The minimum atomic E-state index is -0.796. The second-order valence-electron chi connectivity index (χ2n) is 5.13. The van der Waals surface area contributed by atoms with Gasteiger partial charge in [0.15, 0.2) is 0 Å². The fourth-order valence-electron chi connectivity index (χ4n) is 2.63. The molecule has 0 aromatic heterocycles. The van der Waals surface area contributed by atoms with Crippen molar-refractivity contribution in [2.24, 2.45) is 0 Å². The summed E-state index contributed by atoms with van der Waals surface area (Å²) in [6.45, 7) is 5.85. The Morgan fingerprint density at radius 2 is 1.65 bits per heavy atom. The molecular formula is C17H20N2O4. The molecule has 0 fully saturated rings. The Labute approximate surface area is 135 Å². The summed E-state index contributed by atoms with van der Waals surface area (Å²) in [5.41, 5.74) is 1.43. The fraction of sp³-hybridized carbons (Fsp3) is 0.353. The molecule has 0 bridgehead atoms. The highest BCUT2D eigenvalue weighted by Crippen LogP contribution is 2.30. The molecule has 6 heteroatoms. The number of anilines is 1. The topological polar surface area (TPSA) is 66.9 Å². The fourth-order valence-corrected chi connectivity index (χ4v) is 2.63. The van der Waals surface area contributed by atoms with E-state index in [0.29, 0.717) is 5.56 Å². The van der Waals surface area contributed by atoms with Crippen molar-refractivity contribution in [2.75, 3.05) is 32.1 Å². The molecule has 0 aliphatic carbocycles. The molecule has 2 rings (SSSR count). The van der Waals surface area contributed by atoms with Crippen molar-refractivity contribution in [3.8, 4) is 0 Å². The van der Waals surface area contributed by atoms with E-state index in [4.69, 9.17) is 0 Å². The van der Waals surface area contributed by atoms with Crippen LogP contribution < -0.4 is 4.90 Å². The van der Waals surface area contributed by atoms with Crippen molar-refractivity contribution in [3.05, 3.63) is 35.4 Å². The van der Waals surface area contributed by atoms with Gasteiger partial charge in [0.2, 0.25) is 0 Å². The number of carbonyl (C=O) groups is 3. The quantitative estimate of drug-likeness (QED) is 0.467. The Balaban J connectivity index is 2.49. The first-order valence-electron chi connectivity index (χ1n) is 7.46. The van der Waals surface area contributed by atoms with Gasteiger partial charge in [0.1, 0.15) is 5.57 Å². The maximum atomic E-state index is 12.3. The number of hydrogen-bond acceptors (Lipinski definition) is 5. The summed E-state index contributed by atoms with van der Waals surface area (Å²) in [5.74, 6) is -1.92. The molecule has 122 valence electrons. The minimum Gasteiger partial charge on any atom is -0.465 e. The minimum absolute atomic E-state index is 0.0930. The smallest absolute Gasteiger partial charge is 0.344 e. The van der Waals surface area contributed by atoms with Crippen LogP contribution in [-0.4, -0.2) is 49.9 Å². The molecule has 1 aliphatic rings. The van der Waals surface area contributed by atoms with E-state index in [2.05, 4.69) is 23.5 Å².